The number of hydrogen-bond acceptors (Lipinski definition) is 4. The van der Waals surface area contributed by atoms with Crippen molar-refractivity contribution in [2.75, 3.05) is 26.2 Å². The van der Waals surface area contributed by atoms with E-state index in [4.69, 9.17) is 5.73 Å². The molecule has 102 valence electrons. The number of carboxylic acid groups (broad SMARTS) is 1. The SMILES string of the molecule is NC(=O)C1CC[NH+](CCC(=O)NCC(=O)[O-])CC1. The van der Waals surface area contributed by atoms with Crippen LogP contribution in [0.4, 0.5) is 0 Å². The summed E-state index contributed by atoms with van der Waals surface area (Å²) in [5, 5.41) is 12.4. The average Bonchev–Trinajstić information content (AvgIpc) is 2.34. The fourth-order valence-corrected chi connectivity index (χ4v) is 2.11. The minimum Gasteiger partial charge on any atom is -0.548 e. The van der Waals surface area contributed by atoms with Gasteiger partial charge >= 0.3 is 0 Å². The molecule has 0 saturated carbocycles. The van der Waals surface area contributed by atoms with Crippen molar-refractivity contribution in [3.8, 4) is 0 Å². The van der Waals surface area contributed by atoms with Crippen LogP contribution >= 0.6 is 0 Å². The van der Waals surface area contributed by atoms with Gasteiger partial charge in [0.05, 0.1) is 38.6 Å². The van der Waals surface area contributed by atoms with Crippen LogP contribution in [0.1, 0.15) is 19.3 Å². The van der Waals surface area contributed by atoms with Crippen molar-refractivity contribution in [1.29, 1.82) is 0 Å². The minimum absolute atomic E-state index is 0.0411. The molecule has 18 heavy (non-hydrogen) atoms. The lowest BCUT2D eigenvalue weighted by atomic mass is 9.96. The Labute approximate surface area is 105 Å². The van der Waals surface area contributed by atoms with E-state index in [0.29, 0.717) is 6.54 Å². The molecule has 0 bridgehead atoms. The molecule has 7 heteroatoms. The van der Waals surface area contributed by atoms with E-state index >= 15 is 0 Å². The molecule has 0 spiro atoms. The van der Waals surface area contributed by atoms with Crippen molar-refractivity contribution in [3.05, 3.63) is 0 Å². The molecule has 0 aromatic carbocycles. The Hall–Kier alpha value is -1.63. The van der Waals surface area contributed by atoms with Gasteiger partial charge < -0.3 is 25.9 Å². The number of quaternary nitrogens is 1. The van der Waals surface area contributed by atoms with Gasteiger partial charge in [0.2, 0.25) is 11.8 Å². The summed E-state index contributed by atoms with van der Waals surface area (Å²) in [6.45, 7) is 1.84. The first kappa shape index (κ1) is 14.4. The second-order valence-corrected chi connectivity index (χ2v) is 4.58. The molecule has 1 heterocycles. The first-order valence-corrected chi connectivity index (χ1v) is 6.08. The number of primary amides is 1. The molecule has 0 radical (unpaired) electrons. The third-order valence-corrected chi connectivity index (χ3v) is 3.23. The van der Waals surface area contributed by atoms with Crippen LogP contribution in [0.15, 0.2) is 0 Å². The van der Waals surface area contributed by atoms with Gasteiger partial charge in [0.1, 0.15) is 0 Å². The Morgan fingerprint density at radius 2 is 1.89 bits per heavy atom. The van der Waals surface area contributed by atoms with Crippen LogP contribution in [0.2, 0.25) is 0 Å². The number of nitrogens with one attached hydrogen (secondary N) is 2. The van der Waals surface area contributed by atoms with E-state index in [1.807, 2.05) is 0 Å². The molecule has 1 fully saturated rings. The van der Waals surface area contributed by atoms with E-state index < -0.39 is 12.5 Å². The summed E-state index contributed by atoms with van der Waals surface area (Å²) in [6, 6.07) is 0. The molecule has 7 nitrogen and oxygen atoms in total. The van der Waals surface area contributed by atoms with Crippen LogP contribution in [-0.4, -0.2) is 44.0 Å². The number of likely N-dealkylation sites (tertiary alicyclic amines) is 1. The van der Waals surface area contributed by atoms with Gasteiger partial charge in [0.25, 0.3) is 0 Å². The zero-order valence-corrected chi connectivity index (χ0v) is 10.2. The number of aliphatic carboxylic acids is 1. The molecule has 0 atom stereocenters. The molecule has 4 N–H and O–H groups in total. The predicted octanol–water partition coefficient (Wildman–Crippen LogP) is -3.98. The Morgan fingerprint density at radius 1 is 1.28 bits per heavy atom. The van der Waals surface area contributed by atoms with Crippen molar-refractivity contribution in [1.82, 2.24) is 5.32 Å². The first-order chi connectivity index (χ1) is 8.49. The van der Waals surface area contributed by atoms with E-state index in [1.54, 1.807) is 0 Å². The maximum absolute atomic E-state index is 11.3. The van der Waals surface area contributed by atoms with E-state index in [2.05, 4.69) is 5.32 Å². The second-order valence-electron chi connectivity index (χ2n) is 4.58. The van der Waals surface area contributed by atoms with Crippen LogP contribution in [0.3, 0.4) is 0 Å². The monoisotopic (exact) mass is 257 g/mol. The number of amides is 2. The van der Waals surface area contributed by atoms with Crippen LogP contribution < -0.4 is 21.1 Å². The lowest BCUT2D eigenvalue weighted by Gasteiger charge is -2.27. The number of nitrogens with two attached hydrogens (primary N) is 1. The molecule has 0 aliphatic carbocycles. The molecule has 0 aromatic rings. The average molecular weight is 257 g/mol. The molecular formula is C11H19N3O4. The second kappa shape index (κ2) is 6.95. The van der Waals surface area contributed by atoms with Gasteiger partial charge in [0, 0.05) is 18.8 Å². The molecule has 0 aromatic heterocycles. The number of carbonyl (C=O) groups is 3. The molecule has 0 unspecified atom stereocenters. The standard InChI is InChI=1S/C11H19N3O4/c12-11(18)8-1-4-14(5-2-8)6-3-9(15)13-7-10(16)17/h8H,1-7H2,(H2,12,18)(H,13,15)(H,16,17). The highest BCUT2D eigenvalue weighted by Gasteiger charge is 2.25. The number of carboxylic acids is 1. The Balaban J connectivity index is 2.15. The van der Waals surface area contributed by atoms with E-state index in [-0.39, 0.29) is 24.2 Å². The summed E-state index contributed by atoms with van der Waals surface area (Å²) in [6.07, 6.45) is 1.79. The summed E-state index contributed by atoms with van der Waals surface area (Å²) in [5.41, 5.74) is 5.23. The summed E-state index contributed by atoms with van der Waals surface area (Å²) in [4.78, 5) is 33.6. The highest BCUT2D eigenvalue weighted by molar-refractivity contribution is 5.80. The zero-order chi connectivity index (χ0) is 13.5. The molecule has 1 aliphatic rings. The summed E-state index contributed by atoms with van der Waals surface area (Å²) in [5.74, 6) is -1.87. The van der Waals surface area contributed by atoms with Gasteiger partial charge in [-0.25, -0.2) is 0 Å². The van der Waals surface area contributed by atoms with Gasteiger partial charge in [-0.15, -0.1) is 0 Å². The zero-order valence-electron chi connectivity index (χ0n) is 10.2. The van der Waals surface area contributed by atoms with Gasteiger partial charge in [-0.3, -0.25) is 9.59 Å². The van der Waals surface area contributed by atoms with Crippen molar-refractivity contribution >= 4 is 17.8 Å². The topological polar surface area (TPSA) is 117 Å². The van der Waals surface area contributed by atoms with E-state index in [0.717, 1.165) is 25.9 Å². The van der Waals surface area contributed by atoms with Crippen molar-refractivity contribution in [2.45, 2.75) is 19.3 Å². The lowest BCUT2D eigenvalue weighted by molar-refractivity contribution is -0.905. The van der Waals surface area contributed by atoms with Gasteiger partial charge in [-0.05, 0) is 0 Å². The Morgan fingerprint density at radius 3 is 2.39 bits per heavy atom. The van der Waals surface area contributed by atoms with Crippen molar-refractivity contribution in [3.63, 3.8) is 0 Å². The molecule has 2 amide bonds. The number of hydrogen-bond donors (Lipinski definition) is 3. The van der Waals surface area contributed by atoms with Crippen LogP contribution in [0.25, 0.3) is 0 Å². The fourth-order valence-electron chi connectivity index (χ4n) is 2.11. The molecular weight excluding hydrogens is 238 g/mol. The lowest BCUT2D eigenvalue weighted by Crippen LogP contribution is -3.13. The highest BCUT2D eigenvalue weighted by Crippen LogP contribution is 2.07. The van der Waals surface area contributed by atoms with E-state index in [9.17, 15) is 19.5 Å². The third kappa shape index (κ3) is 5.13. The normalized spacial score (nSPS) is 23.3. The van der Waals surface area contributed by atoms with Gasteiger partial charge in [-0.1, -0.05) is 0 Å². The molecule has 1 saturated heterocycles. The Bertz CT molecular complexity index is 324. The third-order valence-electron chi connectivity index (χ3n) is 3.23. The largest absolute Gasteiger partial charge is 0.548 e. The highest BCUT2D eigenvalue weighted by atomic mass is 16.4. The minimum atomic E-state index is -1.29. The first-order valence-electron chi connectivity index (χ1n) is 6.08. The number of carbonyl (C=O) groups excluding carboxylic acids is 3. The summed E-state index contributed by atoms with van der Waals surface area (Å²) < 4.78 is 0. The van der Waals surface area contributed by atoms with Crippen LogP contribution in [-0.2, 0) is 14.4 Å². The molecule has 1 rings (SSSR count). The maximum Gasteiger partial charge on any atom is 0.225 e. The predicted molar refractivity (Wildman–Crippen MR) is 60.1 cm³/mol. The van der Waals surface area contributed by atoms with Crippen molar-refractivity contribution in [2.24, 2.45) is 11.7 Å². The number of piperidine rings is 1. The summed E-state index contributed by atoms with van der Waals surface area (Å²) >= 11 is 0. The molecule has 1 aliphatic heterocycles. The smallest absolute Gasteiger partial charge is 0.225 e. The van der Waals surface area contributed by atoms with Gasteiger partial charge in [-0.2, -0.15) is 0 Å². The number of rotatable bonds is 6. The van der Waals surface area contributed by atoms with Crippen LogP contribution in [0.5, 0.6) is 0 Å². The van der Waals surface area contributed by atoms with Gasteiger partial charge in [0.15, 0.2) is 0 Å². The quantitative estimate of drug-likeness (QED) is 0.450. The van der Waals surface area contributed by atoms with Crippen molar-refractivity contribution < 1.29 is 24.4 Å². The summed E-state index contributed by atoms with van der Waals surface area (Å²) in [7, 11) is 0. The Kier molecular flexibility index (Phi) is 5.57. The fraction of sp³-hybridized carbons (Fsp3) is 0.727. The van der Waals surface area contributed by atoms with Crippen LogP contribution in [0, 0.1) is 5.92 Å². The van der Waals surface area contributed by atoms with E-state index in [1.165, 1.54) is 4.90 Å². The maximum atomic E-state index is 11.3.